The molecule has 0 bridgehead atoms. The summed E-state index contributed by atoms with van der Waals surface area (Å²) in [6, 6.07) is 5.47. The van der Waals surface area contributed by atoms with Crippen LogP contribution in [0.15, 0.2) is 24.4 Å². The van der Waals surface area contributed by atoms with E-state index < -0.39 is 5.97 Å². The molecule has 5 heteroatoms. The van der Waals surface area contributed by atoms with Gasteiger partial charge in [-0.3, -0.25) is 4.79 Å². The Morgan fingerprint density at radius 3 is 2.89 bits per heavy atom. The van der Waals surface area contributed by atoms with Gasteiger partial charge in [-0.05, 0) is 18.6 Å². The summed E-state index contributed by atoms with van der Waals surface area (Å²) in [7, 11) is 0. The molecule has 1 aliphatic heterocycles. The third-order valence-electron chi connectivity index (χ3n) is 3.59. The number of rotatable bonds is 2. The molecule has 1 aromatic heterocycles. The predicted octanol–water partition coefficient (Wildman–Crippen LogP) is 1.61. The van der Waals surface area contributed by atoms with Gasteiger partial charge in [-0.15, -0.1) is 0 Å². The van der Waals surface area contributed by atoms with Crippen molar-refractivity contribution in [1.82, 2.24) is 10.3 Å². The molecule has 1 fully saturated rings. The van der Waals surface area contributed by atoms with Crippen LogP contribution in [0, 0.1) is 5.92 Å². The highest BCUT2D eigenvalue weighted by Crippen LogP contribution is 2.36. The van der Waals surface area contributed by atoms with E-state index in [1.54, 1.807) is 6.20 Å². The lowest BCUT2D eigenvalue weighted by molar-refractivity contribution is -0.141. The molecule has 0 aliphatic carbocycles. The van der Waals surface area contributed by atoms with Gasteiger partial charge in [0.25, 0.3) is 0 Å². The minimum Gasteiger partial charge on any atom is -0.507 e. The number of aliphatic carboxylic acids is 1. The van der Waals surface area contributed by atoms with Crippen molar-refractivity contribution in [2.24, 2.45) is 5.92 Å². The highest BCUT2D eigenvalue weighted by Gasteiger charge is 2.31. The molecule has 2 heterocycles. The van der Waals surface area contributed by atoms with Crippen molar-refractivity contribution in [3.63, 3.8) is 0 Å². The van der Waals surface area contributed by atoms with Gasteiger partial charge in [-0.1, -0.05) is 6.07 Å². The van der Waals surface area contributed by atoms with E-state index in [1.807, 2.05) is 18.2 Å². The smallest absolute Gasteiger partial charge is 0.307 e. The van der Waals surface area contributed by atoms with E-state index >= 15 is 0 Å². The first-order valence-corrected chi connectivity index (χ1v) is 5.92. The van der Waals surface area contributed by atoms with Crippen LogP contribution in [-0.2, 0) is 4.79 Å². The Morgan fingerprint density at radius 1 is 1.33 bits per heavy atom. The Hall–Kier alpha value is -2.01. The molecule has 0 radical (unpaired) electrons. The summed E-state index contributed by atoms with van der Waals surface area (Å²) >= 11 is 0. The van der Waals surface area contributed by atoms with Crippen molar-refractivity contribution in [3.8, 4) is 5.75 Å². The number of H-pyrrole nitrogens is 1. The number of carboxylic acids is 1. The lowest BCUT2D eigenvalue weighted by atomic mass is 9.98. The Balaban J connectivity index is 1.95. The SMILES string of the molecule is O=C(O)C1CNC(c2ccc3[nH]ccc3c2O)C1. The topological polar surface area (TPSA) is 85.4 Å². The quantitative estimate of drug-likeness (QED) is 0.648. The van der Waals surface area contributed by atoms with E-state index in [0.717, 1.165) is 16.5 Å². The van der Waals surface area contributed by atoms with Gasteiger partial charge in [-0.2, -0.15) is 0 Å². The van der Waals surface area contributed by atoms with Gasteiger partial charge in [-0.25, -0.2) is 0 Å². The molecular formula is C13H14N2O3. The molecule has 2 unspecified atom stereocenters. The van der Waals surface area contributed by atoms with E-state index in [1.165, 1.54) is 0 Å². The molecule has 1 saturated heterocycles. The zero-order chi connectivity index (χ0) is 12.7. The van der Waals surface area contributed by atoms with E-state index in [0.29, 0.717) is 13.0 Å². The van der Waals surface area contributed by atoms with E-state index in [4.69, 9.17) is 5.11 Å². The number of aromatic amines is 1. The first-order chi connectivity index (χ1) is 8.66. The largest absolute Gasteiger partial charge is 0.507 e. The van der Waals surface area contributed by atoms with Gasteiger partial charge in [0.15, 0.2) is 0 Å². The number of carboxylic acid groups (broad SMARTS) is 1. The van der Waals surface area contributed by atoms with Crippen LogP contribution in [0.3, 0.4) is 0 Å². The van der Waals surface area contributed by atoms with Crippen molar-refractivity contribution in [3.05, 3.63) is 30.0 Å². The second-order valence-electron chi connectivity index (χ2n) is 4.67. The molecule has 3 rings (SSSR count). The van der Waals surface area contributed by atoms with Crippen molar-refractivity contribution in [1.29, 1.82) is 0 Å². The van der Waals surface area contributed by atoms with Gasteiger partial charge >= 0.3 is 5.97 Å². The van der Waals surface area contributed by atoms with Gasteiger partial charge in [0.2, 0.25) is 0 Å². The standard InChI is InChI=1S/C13H14N2O3/c16-12-8(1-2-10-9(12)3-4-14-10)11-5-7(6-15-11)13(17)18/h1-4,7,11,14-16H,5-6H2,(H,17,18). The molecule has 4 N–H and O–H groups in total. The molecule has 94 valence electrons. The van der Waals surface area contributed by atoms with E-state index in [2.05, 4.69) is 10.3 Å². The minimum absolute atomic E-state index is 0.0922. The number of hydrogen-bond acceptors (Lipinski definition) is 3. The fourth-order valence-corrected chi connectivity index (χ4v) is 2.58. The fourth-order valence-electron chi connectivity index (χ4n) is 2.58. The number of nitrogens with one attached hydrogen (secondary N) is 2. The monoisotopic (exact) mass is 246 g/mol. The second kappa shape index (κ2) is 4.03. The third kappa shape index (κ3) is 1.64. The van der Waals surface area contributed by atoms with Crippen LogP contribution < -0.4 is 5.32 Å². The molecule has 1 aromatic carbocycles. The lowest BCUT2D eigenvalue weighted by Gasteiger charge is -2.13. The highest BCUT2D eigenvalue weighted by molar-refractivity contribution is 5.87. The van der Waals surface area contributed by atoms with E-state index in [-0.39, 0.29) is 17.7 Å². The zero-order valence-corrected chi connectivity index (χ0v) is 9.68. The zero-order valence-electron chi connectivity index (χ0n) is 9.68. The highest BCUT2D eigenvalue weighted by atomic mass is 16.4. The maximum absolute atomic E-state index is 10.9. The van der Waals surface area contributed by atoms with Crippen LogP contribution in [-0.4, -0.2) is 27.7 Å². The van der Waals surface area contributed by atoms with Gasteiger partial charge in [0.1, 0.15) is 5.75 Å². The Labute approximate surface area is 103 Å². The third-order valence-corrected chi connectivity index (χ3v) is 3.59. The number of aromatic nitrogens is 1. The van der Waals surface area contributed by atoms with Crippen molar-refractivity contribution < 1.29 is 15.0 Å². The number of carbonyl (C=O) groups is 1. The number of fused-ring (bicyclic) bond motifs is 1. The minimum atomic E-state index is -0.785. The molecule has 18 heavy (non-hydrogen) atoms. The lowest BCUT2D eigenvalue weighted by Crippen LogP contribution is -2.17. The van der Waals surface area contributed by atoms with Crippen molar-refractivity contribution >= 4 is 16.9 Å². The molecule has 2 aromatic rings. The second-order valence-corrected chi connectivity index (χ2v) is 4.67. The molecule has 0 amide bonds. The number of phenols is 1. The number of hydrogen-bond donors (Lipinski definition) is 4. The van der Waals surface area contributed by atoms with Gasteiger partial charge in [0.05, 0.1) is 5.92 Å². The summed E-state index contributed by atoms with van der Waals surface area (Å²) in [5.41, 5.74) is 1.65. The summed E-state index contributed by atoms with van der Waals surface area (Å²) in [6.07, 6.45) is 2.29. The molecular weight excluding hydrogens is 232 g/mol. The van der Waals surface area contributed by atoms with Crippen LogP contribution in [0.4, 0.5) is 0 Å². The van der Waals surface area contributed by atoms with Crippen molar-refractivity contribution in [2.45, 2.75) is 12.5 Å². The Morgan fingerprint density at radius 2 is 2.17 bits per heavy atom. The number of benzene rings is 1. The Kier molecular flexibility index (Phi) is 2.48. The van der Waals surface area contributed by atoms with Crippen LogP contribution in [0.25, 0.3) is 10.9 Å². The maximum atomic E-state index is 10.9. The number of phenolic OH excluding ortho intramolecular Hbond substituents is 1. The van der Waals surface area contributed by atoms with E-state index in [9.17, 15) is 9.90 Å². The summed E-state index contributed by atoms with van der Waals surface area (Å²) in [5.74, 6) is -0.930. The first kappa shape index (κ1) is 11.1. The average molecular weight is 246 g/mol. The summed E-state index contributed by atoms with van der Waals surface area (Å²) in [4.78, 5) is 14.0. The summed E-state index contributed by atoms with van der Waals surface area (Å²) < 4.78 is 0. The molecule has 0 saturated carbocycles. The van der Waals surface area contributed by atoms with Gasteiger partial charge in [0, 0.05) is 35.2 Å². The fraction of sp³-hybridized carbons (Fsp3) is 0.308. The van der Waals surface area contributed by atoms with Crippen LogP contribution in [0.2, 0.25) is 0 Å². The molecule has 2 atom stereocenters. The molecule has 5 nitrogen and oxygen atoms in total. The predicted molar refractivity (Wildman–Crippen MR) is 66.5 cm³/mol. The maximum Gasteiger partial charge on any atom is 0.307 e. The van der Waals surface area contributed by atoms with Crippen LogP contribution in [0.1, 0.15) is 18.0 Å². The molecule has 1 aliphatic rings. The van der Waals surface area contributed by atoms with Crippen molar-refractivity contribution in [2.75, 3.05) is 6.54 Å². The Bertz CT molecular complexity index is 605. The normalized spacial score (nSPS) is 23.6. The molecule has 0 spiro atoms. The summed E-state index contributed by atoms with van der Waals surface area (Å²) in [6.45, 7) is 0.449. The van der Waals surface area contributed by atoms with Gasteiger partial charge < -0.3 is 20.5 Å². The first-order valence-electron chi connectivity index (χ1n) is 5.92. The van der Waals surface area contributed by atoms with Crippen LogP contribution >= 0.6 is 0 Å². The summed E-state index contributed by atoms with van der Waals surface area (Å²) in [5, 5.41) is 23.1. The van der Waals surface area contributed by atoms with Crippen LogP contribution in [0.5, 0.6) is 5.75 Å². The number of aromatic hydroxyl groups is 1. The average Bonchev–Trinajstić information content (AvgIpc) is 2.97.